The molecule has 5 nitrogen and oxygen atoms in total. The molecule has 0 unspecified atom stereocenters. The molecule has 0 atom stereocenters. The molecule has 1 aromatic heterocycles. The van der Waals surface area contributed by atoms with Crippen LogP contribution in [-0.4, -0.2) is 21.2 Å². The highest BCUT2D eigenvalue weighted by atomic mass is 16.4. The van der Waals surface area contributed by atoms with Gasteiger partial charge in [-0.15, -0.1) is 0 Å². The van der Waals surface area contributed by atoms with Crippen LogP contribution in [0.4, 0.5) is 5.69 Å². The van der Waals surface area contributed by atoms with Gasteiger partial charge in [0.15, 0.2) is 0 Å². The molecule has 0 radical (unpaired) electrons. The smallest absolute Gasteiger partial charge is 0.339 e. The van der Waals surface area contributed by atoms with E-state index in [0.717, 1.165) is 29.4 Å². The molecule has 122 valence electrons. The van der Waals surface area contributed by atoms with Crippen molar-refractivity contribution in [1.29, 1.82) is 0 Å². The van der Waals surface area contributed by atoms with E-state index >= 15 is 0 Å². The summed E-state index contributed by atoms with van der Waals surface area (Å²) >= 11 is 0. The molecule has 0 saturated heterocycles. The topological polar surface area (TPSA) is 96.4 Å². The molecule has 4 N–H and O–H groups in total. The molecule has 2 aromatic carbocycles. The first-order valence-electron chi connectivity index (χ1n) is 7.75. The number of aromatic carboxylic acids is 1. The van der Waals surface area contributed by atoms with Crippen molar-refractivity contribution >= 4 is 22.6 Å². The van der Waals surface area contributed by atoms with Crippen LogP contribution in [0, 0.1) is 0 Å². The summed E-state index contributed by atoms with van der Waals surface area (Å²) < 4.78 is 0. The highest BCUT2D eigenvalue weighted by Crippen LogP contribution is 2.31. The van der Waals surface area contributed by atoms with Crippen LogP contribution in [0.1, 0.15) is 28.0 Å². The van der Waals surface area contributed by atoms with Gasteiger partial charge in [-0.25, -0.2) is 4.79 Å². The van der Waals surface area contributed by atoms with Gasteiger partial charge in [0, 0.05) is 16.8 Å². The molecule has 0 fully saturated rings. The van der Waals surface area contributed by atoms with E-state index in [1.165, 1.54) is 29.8 Å². The van der Waals surface area contributed by atoms with Crippen molar-refractivity contribution in [3.8, 4) is 5.75 Å². The van der Waals surface area contributed by atoms with Crippen molar-refractivity contribution in [2.45, 2.75) is 19.3 Å². The Hall–Kier alpha value is -3.08. The van der Waals surface area contributed by atoms with Crippen LogP contribution in [0.3, 0.4) is 0 Å². The lowest BCUT2D eigenvalue weighted by atomic mass is 10.1. The number of aryl methyl sites for hydroxylation is 1. The Labute approximate surface area is 139 Å². The molecular formula is C19H18N2O3. The highest BCUT2D eigenvalue weighted by molar-refractivity contribution is 5.92. The molecule has 24 heavy (non-hydrogen) atoms. The van der Waals surface area contributed by atoms with Crippen LogP contribution >= 0.6 is 0 Å². The number of anilines is 1. The third-order valence-electron chi connectivity index (χ3n) is 4.10. The lowest BCUT2D eigenvalue weighted by Crippen LogP contribution is -1.97. The zero-order valence-corrected chi connectivity index (χ0v) is 13.1. The summed E-state index contributed by atoms with van der Waals surface area (Å²) in [4.78, 5) is 14.9. The van der Waals surface area contributed by atoms with E-state index in [4.69, 9.17) is 15.9 Å². The normalized spacial score (nSPS) is 12.3. The third-order valence-corrected chi connectivity index (χ3v) is 4.10. The Bertz CT molecular complexity index is 906. The van der Waals surface area contributed by atoms with Gasteiger partial charge in [-0.1, -0.05) is 30.3 Å². The van der Waals surface area contributed by atoms with Crippen LogP contribution in [-0.2, 0) is 12.8 Å². The number of aromatic nitrogens is 1. The third kappa shape index (κ3) is 3.01. The number of fused-ring (bicyclic) bond motifs is 2. The van der Waals surface area contributed by atoms with Crippen molar-refractivity contribution in [3.63, 3.8) is 0 Å². The quantitative estimate of drug-likeness (QED) is 0.638. The zero-order chi connectivity index (χ0) is 17.1. The van der Waals surface area contributed by atoms with Gasteiger partial charge in [-0.05, 0) is 43.0 Å². The minimum absolute atomic E-state index is 0.0671. The van der Waals surface area contributed by atoms with Gasteiger partial charge in [-0.2, -0.15) is 0 Å². The number of phenols is 1. The predicted octanol–water partition coefficient (Wildman–Crippen LogP) is 3.40. The van der Waals surface area contributed by atoms with E-state index in [1.54, 1.807) is 12.1 Å². The average molecular weight is 322 g/mol. The Morgan fingerprint density at radius 2 is 1.75 bits per heavy atom. The Morgan fingerprint density at radius 3 is 2.46 bits per heavy atom. The van der Waals surface area contributed by atoms with Crippen LogP contribution < -0.4 is 5.73 Å². The van der Waals surface area contributed by atoms with E-state index in [1.807, 2.05) is 18.2 Å². The maximum Gasteiger partial charge on any atom is 0.339 e. The Kier molecular flexibility index (Phi) is 4.33. The summed E-state index contributed by atoms with van der Waals surface area (Å²) in [6.07, 6.45) is 3.38. The summed E-state index contributed by atoms with van der Waals surface area (Å²) in [7, 11) is 0. The summed E-state index contributed by atoms with van der Waals surface area (Å²) in [5, 5.41) is 18.4. The molecule has 0 bridgehead atoms. The van der Waals surface area contributed by atoms with Gasteiger partial charge in [0.25, 0.3) is 0 Å². The number of nitrogens with two attached hydrogens (primary N) is 1. The number of benzene rings is 2. The van der Waals surface area contributed by atoms with Gasteiger partial charge in [0.2, 0.25) is 0 Å². The van der Waals surface area contributed by atoms with Crippen LogP contribution in [0.25, 0.3) is 10.9 Å². The zero-order valence-electron chi connectivity index (χ0n) is 13.1. The monoisotopic (exact) mass is 322 g/mol. The second-order valence-corrected chi connectivity index (χ2v) is 5.64. The molecular weight excluding hydrogens is 304 g/mol. The minimum atomic E-state index is -1.11. The largest absolute Gasteiger partial charge is 0.507 e. The lowest BCUT2D eigenvalue weighted by Gasteiger charge is -2.07. The number of carbonyl (C=O) groups is 1. The lowest BCUT2D eigenvalue weighted by molar-refractivity contribution is 0.0693. The van der Waals surface area contributed by atoms with E-state index in [2.05, 4.69) is 11.1 Å². The maximum absolute atomic E-state index is 10.3. The van der Waals surface area contributed by atoms with E-state index < -0.39 is 5.97 Å². The number of aromatic hydroxyl groups is 1. The van der Waals surface area contributed by atoms with Crippen LogP contribution in [0.15, 0.2) is 48.5 Å². The summed E-state index contributed by atoms with van der Waals surface area (Å²) in [5.74, 6) is -1.31. The standard InChI is InChI=1S/C12H12N2.C7H6O3/c13-12-8-4-1-2-6-10(8)14-11-7-3-5-9(11)12;8-6-4-2-1-3-5(6)7(9)10/h1-2,4,6H,3,5,7H2,(H2,13,14);1-4,8H,(H,9,10). The highest BCUT2D eigenvalue weighted by Gasteiger charge is 2.17. The fourth-order valence-electron chi connectivity index (χ4n) is 2.90. The molecule has 3 aromatic rings. The number of carboxylic acids is 1. The number of para-hydroxylation sites is 2. The van der Waals surface area contributed by atoms with Crippen LogP contribution in [0.5, 0.6) is 5.75 Å². The predicted molar refractivity (Wildman–Crippen MR) is 93.2 cm³/mol. The number of nitrogens with zero attached hydrogens (tertiary/aromatic N) is 1. The Morgan fingerprint density at radius 1 is 1.04 bits per heavy atom. The second kappa shape index (κ2) is 6.58. The fourth-order valence-corrected chi connectivity index (χ4v) is 2.90. The van der Waals surface area contributed by atoms with Gasteiger partial charge in [0.1, 0.15) is 11.3 Å². The first-order valence-corrected chi connectivity index (χ1v) is 7.75. The minimum Gasteiger partial charge on any atom is -0.507 e. The fraction of sp³-hybridized carbons (Fsp3) is 0.158. The molecule has 1 aliphatic rings. The number of carboxylic acid groups (broad SMARTS) is 1. The summed E-state index contributed by atoms with van der Waals surface area (Å²) in [6, 6.07) is 13.9. The van der Waals surface area contributed by atoms with Crippen molar-refractivity contribution in [1.82, 2.24) is 4.98 Å². The van der Waals surface area contributed by atoms with Gasteiger partial charge in [0.05, 0.1) is 5.52 Å². The maximum atomic E-state index is 10.3. The van der Waals surface area contributed by atoms with Crippen molar-refractivity contribution < 1.29 is 15.0 Å². The molecule has 1 aliphatic carbocycles. The number of hydrogen-bond acceptors (Lipinski definition) is 4. The van der Waals surface area contributed by atoms with Crippen molar-refractivity contribution in [2.75, 3.05) is 5.73 Å². The first kappa shape index (κ1) is 15.8. The number of hydrogen-bond donors (Lipinski definition) is 3. The molecule has 0 amide bonds. The Balaban J connectivity index is 0.000000150. The SMILES string of the molecule is Nc1c2c(nc3ccccc13)CCC2.O=C(O)c1ccccc1O. The molecule has 5 heteroatoms. The number of nitrogen functional groups attached to an aromatic ring is 1. The number of rotatable bonds is 1. The van der Waals surface area contributed by atoms with E-state index in [-0.39, 0.29) is 11.3 Å². The second-order valence-electron chi connectivity index (χ2n) is 5.64. The molecule has 0 spiro atoms. The van der Waals surface area contributed by atoms with Crippen LogP contribution in [0.2, 0.25) is 0 Å². The van der Waals surface area contributed by atoms with Gasteiger partial charge < -0.3 is 15.9 Å². The van der Waals surface area contributed by atoms with Gasteiger partial charge in [-0.3, -0.25) is 4.98 Å². The molecule has 0 aliphatic heterocycles. The summed E-state index contributed by atoms with van der Waals surface area (Å²) in [5.41, 5.74) is 10.5. The summed E-state index contributed by atoms with van der Waals surface area (Å²) in [6.45, 7) is 0. The first-order chi connectivity index (χ1) is 11.6. The van der Waals surface area contributed by atoms with Crippen molar-refractivity contribution in [3.05, 3.63) is 65.4 Å². The number of pyridine rings is 1. The van der Waals surface area contributed by atoms with E-state index in [0.29, 0.717) is 0 Å². The molecule has 1 heterocycles. The van der Waals surface area contributed by atoms with Crippen molar-refractivity contribution in [2.24, 2.45) is 0 Å². The average Bonchev–Trinajstić information content (AvgIpc) is 3.05. The molecule has 4 rings (SSSR count). The van der Waals surface area contributed by atoms with E-state index in [9.17, 15) is 4.79 Å². The van der Waals surface area contributed by atoms with Gasteiger partial charge >= 0.3 is 5.97 Å². The molecule has 0 saturated carbocycles.